The van der Waals surface area contributed by atoms with Gasteiger partial charge < -0.3 is 5.73 Å². The van der Waals surface area contributed by atoms with E-state index in [1.807, 2.05) is 0 Å². The van der Waals surface area contributed by atoms with E-state index in [2.05, 4.69) is 35.8 Å². The third-order valence-corrected chi connectivity index (χ3v) is 3.31. The number of rotatable bonds is 5. The highest BCUT2D eigenvalue weighted by Crippen LogP contribution is 2.16. The van der Waals surface area contributed by atoms with Gasteiger partial charge in [-0.25, -0.2) is 10.1 Å². The number of nitrogen functional groups attached to an aromatic ring is 1. The standard InChI is InChI=1S/C13H11N9O4/c1-7-10(16-20-21(7)12-11(14)18-26-19-12)13(23)17-15-6-8-4-2-3-5-9(8)22(24)25/h2-6H,1H3,(H2,14,18)(H,17,23). The van der Waals surface area contributed by atoms with Crippen molar-refractivity contribution in [3.63, 3.8) is 0 Å². The summed E-state index contributed by atoms with van der Waals surface area (Å²) in [7, 11) is 0. The number of hydrogen-bond acceptors (Lipinski definition) is 10. The summed E-state index contributed by atoms with van der Waals surface area (Å²) in [5.74, 6) is -0.588. The maximum atomic E-state index is 12.2. The van der Waals surface area contributed by atoms with Gasteiger partial charge in [-0.1, -0.05) is 17.3 Å². The van der Waals surface area contributed by atoms with Crippen LogP contribution in [-0.4, -0.2) is 42.4 Å². The highest BCUT2D eigenvalue weighted by Gasteiger charge is 2.20. The molecule has 132 valence electrons. The molecule has 3 N–H and O–H groups in total. The first-order valence-electron chi connectivity index (χ1n) is 7.06. The predicted molar refractivity (Wildman–Crippen MR) is 86.5 cm³/mol. The van der Waals surface area contributed by atoms with Crippen LogP contribution in [0.15, 0.2) is 34.0 Å². The molecule has 0 fully saturated rings. The monoisotopic (exact) mass is 357 g/mol. The molecule has 0 radical (unpaired) electrons. The van der Waals surface area contributed by atoms with Gasteiger partial charge in [0.25, 0.3) is 11.6 Å². The molecule has 2 aromatic heterocycles. The number of nitro groups is 1. The molecule has 0 aliphatic carbocycles. The molecule has 0 unspecified atom stereocenters. The van der Waals surface area contributed by atoms with E-state index in [0.717, 1.165) is 6.21 Å². The van der Waals surface area contributed by atoms with Gasteiger partial charge >= 0.3 is 0 Å². The number of aromatic nitrogens is 5. The maximum Gasteiger partial charge on any atom is 0.293 e. The van der Waals surface area contributed by atoms with Crippen LogP contribution in [-0.2, 0) is 0 Å². The number of hydrogen-bond donors (Lipinski definition) is 2. The Morgan fingerprint density at radius 2 is 2.19 bits per heavy atom. The molecular formula is C13H11N9O4. The molecule has 0 bridgehead atoms. The number of nitrogens with two attached hydrogens (primary N) is 1. The van der Waals surface area contributed by atoms with E-state index in [9.17, 15) is 14.9 Å². The van der Waals surface area contributed by atoms with Crippen LogP contribution in [0.2, 0.25) is 0 Å². The van der Waals surface area contributed by atoms with Crippen molar-refractivity contribution in [3.05, 3.63) is 51.3 Å². The Labute approximate surface area is 144 Å². The summed E-state index contributed by atoms with van der Waals surface area (Å²) in [6, 6.07) is 5.97. The maximum absolute atomic E-state index is 12.2. The van der Waals surface area contributed by atoms with Crippen molar-refractivity contribution < 1.29 is 14.3 Å². The Morgan fingerprint density at radius 3 is 2.88 bits per heavy atom. The molecule has 26 heavy (non-hydrogen) atoms. The van der Waals surface area contributed by atoms with E-state index in [-0.39, 0.29) is 28.6 Å². The molecule has 3 aromatic rings. The van der Waals surface area contributed by atoms with Crippen LogP contribution >= 0.6 is 0 Å². The third-order valence-electron chi connectivity index (χ3n) is 3.31. The number of para-hydroxylation sites is 1. The lowest BCUT2D eigenvalue weighted by atomic mass is 10.2. The summed E-state index contributed by atoms with van der Waals surface area (Å²) < 4.78 is 5.66. The number of carbonyl (C=O) groups is 1. The van der Waals surface area contributed by atoms with Gasteiger partial charge in [-0.3, -0.25) is 14.9 Å². The highest BCUT2D eigenvalue weighted by atomic mass is 16.6. The van der Waals surface area contributed by atoms with Crippen molar-refractivity contribution in [2.75, 3.05) is 5.73 Å². The number of anilines is 1. The van der Waals surface area contributed by atoms with Crippen molar-refractivity contribution in [3.8, 4) is 5.82 Å². The van der Waals surface area contributed by atoms with Gasteiger partial charge in [0.2, 0.25) is 11.6 Å². The number of nitrogens with one attached hydrogen (secondary N) is 1. The Balaban J connectivity index is 1.77. The zero-order chi connectivity index (χ0) is 18.7. The predicted octanol–water partition coefficient (Wildman–Crippen LogP) is 0.213. The molecule has 0 saturated carbocycles. The van der Waals surface area contributed by atoms with Crippen LogP contribution in [0.3, 0.4) is 0 Å². The number of amides is 1. The van der Waals surface area contributed by atoms with Crippen molar-refractivity contribution >= 4 is 23.6 Å². The minimum atomic E-state index is -0.668. The SMILES string of the molecule is Cc1c(C(=O)NN=Cc2ccccc2[N+](=O)[O-])nnn1-c1nonc1N. The fraction of sp³-hybridized carbons (Fsp3) is 0.0769. The summed E-state index contributed by atoms with van der Waals surface area (Å²) in [5, 5.41) is 29.1. The topological polar surface area (TPSA) is 180 Å². The van der Waals surface area contributed by atoms with Crippen LogP contribution in [0.25, 0.3) is 5.82 Å². The minimum absolute atomic E-state index is 0.0145. The minimum Gasteiger partial charge on any atom is -0.378 e. The van der Waals surface area contributed by atoms with Gasteiger partial charge in [0.05, 0.1) is 22.4 Å². The molecule has 13 nitrogen and oxygen atoms in total. The number of benzene rings is 1. The molecule has 0 aliphatic rings. The first-order valence-corrected chi connectivity index (χ1v) is 7.06. The number of hydrazone groups is 1. The van der Waals surface area contributed by atoms with Crippen molar-refractivity contribution in [1.29, 1.82) is 0 Å². The largest absolute Gasteiger partial charge is 0.378 e. The van der Waals surface area contributed by atoms with Crippen molar-refractivity contribution in [2.24, 2.45) is 5.10 Å². The summed E-state index contributed by atoms with van der Waals surface area (Å²) in [6.45, 7) is 1.56. The van der Waals surface area contributed by atoms with E-state index in [0.29, 0.717) is 5.69 Å². The molecule has 0 saturated heterocycles. The summed E-state index contributed by atoms with van der Waals surface area (Å²) in [5.41, 5.74) is 8.19. The molecule has 3 rings (SSSR count). The quantitative estimate of drug-likeness (QED) is 0.366. The molecular weight excluding hydrogens is 346 g/mol. The van der Waals surface area contributed by atoms with Gasteiger partial charge in [0.15, 0.2) is 5.69 Å². The Bertz CT molecular complexity index is 1010. The van der Waals surface area contributed by atoms with Gasteiger partial charge in [0.1, 0.15) is 0 Å². The van der Waals surface area contributed by atoms with Crippen LogP contribution in [0.5, 0.6) is 0 Å². The van der Waals surface area contributed by atoms with E-state index in [1.54, 1.807) is 13.0 Å². The van der Waals surface area contributed by atoms with Gasteiger partial charge in [-0.05, 0) is 23.3 Å². The number of carbonyl (C=O) groups excluding carboxylic acids is 1. The zero-order valence-corrected chi connectivity index (χ0v) is 13.2. The number of nitrogens with zero attached hydrogens (tertiary/aromatic N) is 7. The Morgan fingerprint density at radius 1 is 1.42 bits per heavy atom. The molecule has 0 aliphatic heterocycles. The normalized spacial score (nSPS) is 11.0. The number of nitro benzene ring substituents is 1. The molecule has 13 heteroatoms. The van der Waals surface area contributed by atoms with Crippen molar-refractivity contribution in [1.82, 2.24) is 30.7 Å². The fourth-order valence-electron chi connectivity index (χ4n) is 2.05. The zero-order valence-electron chi connectivity index (χ0n) is 13.2. The first-order chi connectivity index (χ1) is 12.5. The Hall–Kier alpha value is -4.16. The fourth-order valence-corrected chi connectivity index (χ4v) is 2.05. The molecule has 2 heterocycles. The molecule has 0 atom stereocenters. The van der Waals surface area contributed by atoms with E-state index in [1.165, 1.54) is 22.9 Å². The third kappa shape index (κ3) is 3.08. The highest BCUT2D eigenvalue weighted by molar-refractivity contribution is 5.94. The van der Waals surface area contributed by atoms with Gasteiger partial charge in [-0.2, -0.15) is 9.78 Å². The van der Waals surface area contributed by atoms with E-state index < -0.39 is 10.8 Å². The van der Waals surface area contributed by atoms with Gasteiger partial charge in [0, 0.05) is 6.07 Å². The van der Waals surface area contributed by atoms with E-state index >= 15 is 0 Å². The lowest BCUT2D eigenvalue weighted by Crippen LogP contribution is -2.19. The lowest BCUT2D eigenvalue weighted by molar-refractivity contribution is -0.385. The molecule has 1 aromatic carbocycles. The average molecular weight is 357 g/mol. The molecule has 0 spiro atoms. The Kier molecular flexibility index (Phi) is 4.34. The summed E-state index contributed by atoms with van der Waals surface area (Å²) >= 11 is 0. The average Bonchev–Trinajstić information content (AvgIpc) is 3.20. The van der Waals surface area contributed by atoms with Crippen molar-refractivity contribution in [2.45, 2.75) is 6.92 Å². The van der Waals surface area contributed by atoms with Crippen LogP contribution in [0.1, 0.15) is 21.7 Å². The second kappa shape index (κ2) is 6.76. The lowest BCUT2D eigenvalue weighted by Gasteiger charge is -1.99. The van der Waals surface area contributed by atoms with Crippen LogP contribution < -0.4 is 11.2 Å². The second-order valence-corrected chi connectivity index (χ2v) is 4.92. The summed E-state index contributed by atoms with van der Waals surface area (Å²) in [4.78, 5) is 22.6. The first kappa shape index (κ1) is 16.7. The van der Waals surface area contributed by atoms with Crippen LogP contribution in [0, 0.1) is 17.0 Å². The van der Waals surface area contributed by atoms with E-state index in [4.69, 9.17) is 5.73 Å². The van der Waals surface area contributed by atoms with Gasteiger partial charge in [-0.15, -0.1) is 5.10 Å². The second-order valence-electron chi connectivity index (χ2n) is 4.92. The smallest absolute Gasteiger partial charge is 0.293 e. The molecule has 1 amide bonds. The summed E-state index contributed by atoms with van der Waals surface area (Å²) in [6.07, 6.45) is 1.16. The van der Waals surface area contributed by atoms with Crippen LogP contribution in [0.4, 0.5) is 11.5 Å².